The van der Waals surface area contributed by atoms with Gasteiger partial charge < -0.3 is 10.6 Å². The molecule has 0 aliphatic heterocycles. The largest absolute Gasteiger partial charge is 0.362 e. The Hall–Kier alpha value is -0.640. The van der Waals surface area contributed by atoms with Crippen molar-refractivity contribution >= 4 is 23.2 Å². The van der Waals surface area contributed by atoms with E-state index in [-0.39, 0.29) is 11.3 Å². The first-order chi connectivity index (χ1) is 11.1. The van der Waals surface area contributed by atoms with Crippen LogP contribution in [0, 0.1) is 23.2 Å². The summed E-state index contributed by atoms with van der Waals surface area (Å²) < 4.78 is 0. The zero-order valence-corrected chi connectivity index (χ0v) is 15.4. The summed E-state index contributed by atoms with van der Waals surface area (Å²) in [6.07, 6.45) is 13.7. The monoisotopic (exact) mass is 336 g/mol. The first-order valence-corrected chi connectivity index (χ1v) is 10.1. The van der Waals surface area contributed by atoms with E-state index in [4.69, 9.17) is 12.2 Å². The fourth-order valence-corrected chi connectivity index (χ4v) is 5.79. The summed E-state index contributed by atoms with van der Waals surface area (Å²) in [5.41, 5.74) is -0.0956. The number of carbonyl (C=O) groups is 1. The van der Waals surface area contributed by atoms with Crippen LogP contribution in [0.5, 0.6) is 0 Å². The minimum absolute atomic E-state index is 0.0956. The molecule has 2 N–H and O–H groups in total. The number of hydrogen-bond acceptors (Lipinski definition) is 2. The third kappa shape index (κ3) is 4.07. The Morgan fingerprint density at radius 1 is 1.00 bits per heavy atom. The molecule has 1 amide bonds. The molecule has 0 radical (unpaired) electrons. The van der Waals surface area contributed by atoms with Crippen LogP contribution in [-0.2, 0) is 4.79 Å². The molecule has 4 saturated carbocycles. The molecule has 3 nitrogen and oxygen atoms in total. The lowest BCUT2D eigenvalue weighted by Gasteiger charge is -2.55. The Balaban J connectivity index is 1.41. The predicted molar refractivity (Wildman–Crippen MR) is 98.1 cm³/mol. The summed E-state index contributed by atoms with van der Waals surface area (Å²) in [4.78, 5) is 12.8. The van der Waals surface area contributed by atoms with Crippen LogP contribution in [0.25, 0.3) is 0 Å². The van der Waals surface area contributed by atoms with E-state index in [9.17, 15) is 4.79 Å². The van der Waals surface area contributed by atoms with Crippen molar-refractivity contribution in [3.05, 3.63) is 0 Å². The number of thiocarbonyl (C=S) groups is 1. The van der Waals surface area contributed by atoms with Crippen LogP contribution in [0.1, 0.15) is 77.6 Å². The SMILES string of the molecule is CCCCCCCNC(=S)NC(=O)C12CC3CC(CC(C3)C1)C2. The van der Waals surface area contributed by atoms with E-state index in [1.54, 1.807) is 0 Å². The van der Waals surface area contributed by atoms with Crippen LogP contribution in [0.2, 0.25) is 0 Å². The van der Waals surface area contributed by atoms with E-state index in [1.807, 2.05) is 0 Å². The van der Waals surface area contributed by atoms with Crippen molar-refractivity contribution in [2.75, 3.05) is 6.54 Å². The first kappa shape index (κ1) is 17.2. The van der Waals surface area contributed by atoms with Gasteiger partial charge in [-0.1, -0.05) is 32.6 Å². The van der Waals surface area contributed by atoms with Gasteiger partial charge in [0, 0.05) is 6.54 Å². The van der Waals surface area contributed by atoms with Crippen LogP contribution in [0.3, 0.4) is 0 Å². The van der Waals surface area contributed by atoms with Crippen molar-refractivity contribution in [3.8, 4) is 0 Å². The average molecular weight is 337 g/mol. The third-order valence-electron chi connectivity index (χ3n) is 6.31. The lowest BCUT2D eigenvalue weighted by atomic mass is 9.49. The molecule has 0 aromatic rings. The Bertz CT molecular complexity index is 413. The molecular formula is C19H32N2OS. The van der Waals surface area contributed by atoms with Crippen LogP contribution in [0.4, 0.5) is 0 Å². The van der Waals surface area contributed by atoms with Gasteiger partial charge in [0.2, 0.25) is 5.91 Å². The average Bonchev–Trinajstić information content (AvgIpc) is 2.49. The van der Waals surface area contributed by atoms with Gasteiger partial charge in [-0.2, -0.15) is 0 Å². The van der Waals surface area contributed by atoms with Crippen molar-refractivity contribution < 1.29 is 4.79 Å². The van der Waals surface area contributed by atoms with Gasteiger partial charge in [0.05, 0.1) is 5.41 Å². The Morgan fingerprint density at radius 2 is 1.57 bits per heavy atom. The van der Waals surface area contributed by atoms with E-state index in [2.05, 4.69) is 17.6 Å². The minimum atomic E-state index is -0.0956. The molecule has 23 heavy (non-hydrogen) atoms. The van der Waals surface area contributed by atoms with Gasteiger partial charge in [0.15, 0.2) is 5.11 Å². The molecule has 0 spiro atoms. The molecule has 0 saturated heterocycles. The Labute approximate surface area is 146 Å². The highest BCUT2D eigenvalue weighted by Crippen LogP contribution is 2.60. The van der Waals surface area contributed by atoms with Gasteiger partial charge in [0.25, 0.3) is 0 Å². The molecule has 0 atom stereocenters. The fraction of sp³-hybridized carbons (Fsp3) is 0.895. The van der Waals surface area contributed by atoms with Crippen LogP contribution in [0.15, 0.2) is 0 Å². The lowest BCUT2D eigenvalue weighted by molar-refractivity contribution is -0.144. The molecule has 0 heterocycles. The van der Waals surface area contributed by atoms with E-state index >= 15 is 0 Å². The minimum Gasteiger partial charge on any atom is -0.362 e. The molecule has 4 heteroatoms. The quantitative estimate of drug-likeness (QED) is 0.542. The zero-order valence-electron chi connectivity index (χ0n) is 14.5. The van der Waals surface area contributed by atoms with E-state index in [0.717, 1.165) is 50.0 Å². The lowest BCUT2D eigenvalue weighted by Crippen LogP contribution is -2.55. The zero-order chi connectivity index (χ0) is 16.3. The van der Waals surface area contributed by atoms with Gasteiger partial charge in [-0.05, 0) is 74.9 Å². The number of rotatable bonds is 7. The maximum Gasteiger partial charge on any atom is 0.232 e. The molecular weight excluding hydrogens is 304 g/mol. The van der Waals surface area contributed by atoms with E-state index < -0.39 is 0 Å². The standard InChI is InChI=1S/C19H32N2OS/c1-2-3-4-5-6-7-20-18(23)21-17(22)19-11-14-8-15(12-19)10-16(9-14)13-19/h14-16H,2-13H2,1H3,(H2,20,21,22,23). The smallest absolute Gasteiger partial charge is 0.232 e. The maximum atomic E-state index is 12.8. The molecule has 0 unspecified atom stereocenters. The topological polar surface area (TPSA) is 41.1 Å². The van der Waals surface area contributed by atoms with Crippen LogP contribution < -0.4 is 10.6 Å². The van der Waals surface area contributed by atoms with Gasteiger partial charge in [0.1, 0.15) is 0 Å². The molecule has 4 rings (SSSR count). The summed E-state index contributed by atoms with van der Waals surface area (Å²) in [6, 6.07) is 0. The summed E-state index contributed by atoms with van der Waals surface area (Å²) in [6.45, 7) is 3.11. The van der Waals surface area contributed by atoms with Gasteiger partial charge in [-0.15, -0.1) is 0 Å². The predicted octanol–water partition coefficient (Wildman–Crippen LogP) is 4.16. The number of hydrogen-bond donors (Lipinski definition) is 2. The second-order valence-electron chi connectivity index (χ2n) is 8.32. The summed E-state index contributed by atoms with van der Waals surface area (Å²) in [5.74, 6) is 2.60. The Morgan fingerprint density at radius 3 is 2.13 bits per heavy atom. The number of amides is 1. The van der Waals surface area contributed by atoms with Crippen molar-refractivity contribution in [1.29, 1.82) is 0 Å². The van der Waals surface area contributed by atoms with Crippen LogP contribution in [-0.4, -0.2) is 17.6 Å². The molecule has 4 fully saturated rings. The van der Waals surface area contributed by atoms with Crippen molar-refractivity contribution in [3.63, 3.8) is 0 Å². The summed E-state index contributed by atoms with van der Waals surface area (Å²) in [7, 11) is 0. The molecule has 4 bridgehead atoms. The summed E-state index contributed by atoms with van der Waals surface area (Å²) >= 11 is 5.34. The van der Waals surface area contributed by atoms with E-state index in [0.29, 0.717) is 5.11 Å². The van der Waals surface area contributed by atoms with Crippen molar-refractivity contribution in [2.24, 2.45) is 23.2 Å². The van der Waals surface area contributed by atoms with Gasteiger partial charge in [-0.3, -0.25) is 4.79 Å². The van der Waals surface area contributed by atoms with Gasteiger partial charge >= 0.3 is 0 Å². The third-order valence-corrected chi connectivity index (χ3v) is 6.56. The highest BCUT2D eigenvalue weighted by molar-refractivity contribution is 7.80. The van der Waals surface area contributed by atoms with E-state index in [1.165, 1.54) is 44.9 Å². The fourth-order valence-electron chi connectivity index (χ4n) is 5.60. The summed E-state index contributed by atoms with van der Waals surface area (Å²) in [5, 5.41) is 6.79. The molecule has 0 aromatic carbocycles. The second-order valence-corrected chi connectivity index (χ2v) is 8.73. The molecule has 0 aromatic heterocycles. The van der Waals surface area contributed by atoms with Gasteiger partial charge in [-0.25, -0.2) is 0 Å². The molecule has 130 valence electrons. The Kier molecular flexibility index (Phi) is 5.61. The molecule has 4 aliphatic rings. The van der Waals surface area contributed by atoms with Crippen LogP contribution >= 0.6 is 12.2 Å². The maximum absolute atomic E-state index is 12.8. The second kappa shape index (κ2) is 7.50. The van der Waals surface area contributed by atoms with Crippen molar-refractivity contribution in [1.82, 2.24) is 10.6 Å². The first-order valence-electron chi connectivity index (χ1n) is 9.70. The van der Waals surface area contributed by atoms with Crippen molar-refractivity contribution in [2.45, 2.75) is 77.6 Å². The number of nitrogens with one attached hydrogen (secondary N) is 2. The number of unbranched alkanes of at least 4 members (excludes halogenated alkanes) is 4. The molecule has 4 aliphatic carbocycles. The normalized spacial score (nSPS) is 34.4. The highest BCUT2D eigenvalue weighted by atomic mass is 32.1. The number of carbonyl (C=O) groups excluding carboxylic acids is 1. The highest BCUT2D eigenvalue weighted by Gasteiger charge is 2.54.